The van der Waals surface area contributed by atoms with Crippen LogP contribution < -0.4 is 0 Å². The van der Waals surface area contributed by atoms with Gasteiger partial charge in [-0.3, -0.25) is 4.98 Å². The Balaban J connectivity index is 0.000000189. The molecule has 1 N–H and O–H groups in total. The van der Waals surface area contributed by atoms with Gasteiger partial charge in [0.15, 0.2) is 0 Å². The van der Waals surface area contributed by atoms with E-state index in [1.165, 1.54) is 42.5 Å². The number of pyridine rings is 2. The Morgan fingerprint density at radius 1 is 0.815 bits per heavy atom. The number of carbonyl (C=O) groups is 1. The number of benzene rings is 2. The van der Waals surface area contributed by atoms with Crippen LogP contribution in [0.25, 0.3) is 21.8 Å². The Bertz CT molecular complexity index is 1070. The van der Waals surface area contributed by atoms with E-state index in [9.17, 15) is 13.6 Å². The topological polar surface area (TPSA) is 63.1 Å². The Morgan fingerprint density at radius 2 is 1.33 bits per heavy atom. The van der Waals surface area contributed by atoms with E-state index < -0.39 is 5.97 Å². The van der Waals surface area contributed by atoms with Gasteiger partial charge in [0.2, 0.25) is 0 Å². The van der Waals surface area contributed by atoms with Crippen LogP contribution in [-0.4, -0.2) is 21.0 Å². The van der Waals surface area contributed by atoms with E-state index in [-0.39, 0.29) is 24.8 Å². The zero-order chi connectivity index (χ0) is 18.7. The van der Waals surface area contributed by atoms with Gasteiger partial charge >= 0.3 is 5.97 Å². The van der Waals surface area contributed by atoms with Gasteiger partial charge < -0.3 is 5.11 Å². The number of aryl methyl sites for hydroxylation is 1. The van der Waals surface area contributed by atoms with Crippen molar-refractivity contribution in [1.29, 1.82) is 0 Å². The molecule has 0 saturated carbocycles. The van der Waals surface area contributed by atoms with Crippen LogP contribution in [0.15, 0.2) is 60.7 Å². The van der Waals surface area contributed by atoms with E-state index in [1.807, 2.05) is 19.1 Å². The Hall–Kier alpha value is -3.41. The largest absolute Gasteiger partial charge is 0.477 e. The minimum Gasteiger partial charge on any atom is -0.477 e. The van der Waals surface area contributed by atoms with E-state index in [0.717, 1.165) is 16.6 Å². The first-order chi connectivity index (χ1) is 12.4. The van der Waals surface area contributed by atoms with Gasteiger partial charge in [-0.2, -0.15) is 0 Å². The summed E-state index contributed by atoms with van der Waals surface area (Å²) in [6.45, 7) is 1.92. The zero-order valence-electron chi connectivity index (χ0n) is 13.8. The maximum atomic E-state index is 12.8. The summed E-state index contributed by atoms with van der Waals surface area (Å²) in [5.41, 5.74) is 2.24. The SMILES string of the molecule is C.Cc1ccc2cc(F)ccc2n1.O=C(O)c1ccc2cc(F)ccc2n1. The van der Waals surface area contributed by atoms with Gasteiger partial charge in [-0.05, 0) is 55.5 Å². The van der Waals surface area contributed by atoms with Crippen molar-refractivity contribution in [3.63, 3.8) is 0 Å². The second-order valence-electron chi connectivity index (χ2n) is 5.63. The number of halogens is 2. The monoisotopic (exact) mass is 368 g/mol. The van der Waals surface area contributed by atoms with Crippen molar-refractivity contribution in [1.82, 2.24) is 9.97 Å². The molecule has 2 aromatic carbocycles. The number of aromatic carboxylic acids is 1. The Labute approximate surface area is 155 Å². The molecule has 27 heavy (non-hydrogen) atoms. The predicted molar refractivity (Wildman–Crippen MR) is 102 cm³/mol. The van der Waals surface area contributed by atoms with Crippen molar-refractivity contribution >= 4 is 27.8 Å². The molecule has 6 heteroatoms. The molecule has 0 radical (unpaired) electrons. The van der Waals surface area contributed by atoms with Gasteiger partial charge in [0.25, 0.3) is 0 Å². The van der Waals surface area contributed by atoms with Crippen LogP contribution in [0.4, 0.5) is 8.78 Å². The average Bonchev–Trinajstić information content (AvgIpc) is 2.62. The number of hydrogen-bond acceptors (Lipinski definition) is 3. The first kappa shape index (κ1) is 19.9. The van der Waals surface area contributed by atoms with Crippen LogP contribution in [0.3, 0.4) is 0 Å². The lowest BCUT2D eigenvalue weighted by molar-refractivity contribution is 0.0691. The van der Waals surface area contributed by atoms with Crippen LogP contribution in [-0.2, 0) is 0 Å². The number of carboxylic acids is 1. The molecule has 4 nitrogen and oxygen atoms in total. The molecule has 0 atom stereocenters. The summed E-state index contributed by atoms with van der Waals surface area (Å²) in [5, 5.41) is 10.1. The summed E-state index contributed by atoms with van der Waals surface area (Å²) in [6, 6.07) is 15.3. The number of nitrogens with zero attached hydrogens (tertiary/aromatic N) is 2. The number of hydrogen-bond donors (Lipinski definition) is 1. The summed E-state index contributed by atoms with van der Waals surface area (Å²) in [6.07, 6.45) is 0. The van der Waals surface area contributed by atoms with E-state index in [1.54, 1.807) is 6.07 Å². The summed E-state index contributed by atoms with van der Waals surface area (Å²) < 4.78 is 25.5. The van der Waals surface area contributed by atoms with E-state index >= 15 is 0 Å². The molecule has 0 spiro atoms. The fraction of sp³-hybridized carbons (Fsp3) is 0.0952. The predicted octanol–water partition coefficient (Wildman–Crippen LogP) is 5.39. The highest BCUT2D eigenvalue weighted by molar-refractivity contribution is 5.89. The molecule has 0 aliphatic heterocycles. The van der Waals surface area contributed by atoms with Crippen molar-refractivity contribution in [3.8, 4) is 0 Å². The molecule has 2 aromatic heterocycles. The number of carboxylic acid groups (broad SMARTS) is 1. The van der Waals surface area contributed by atoms with Crippen LogP contribution in [0, 0.1) is 18.6 Å². The second-order valence-corrected chi connectivity index (χ2v) is 5.63. The molecule has 4 aromatic rings. The van der Waals surface area contributed by atoms with Gasteiger partial charge in [-0.25, -0.2) is 18.6 Å². The van der Waals surface area contributed by atoms with Crippen LogP contribution >= 0.6 is 0 Å². The quantitative estimate of drug-likeness (QED) is 0.489. The number of rotatable bonds is 1. The summed E-state index contributed by atoms with van der Waals surface area (Å²) in [4.78, 5) is 18.7. The molecule has 138 valence electrons. The molecular weight excluding hydrogens is 350 g/mol. The van der Waals surface area contributed by atoms with Gasteiger partial charge in [-0.15, -0.1) is 0 Å². The highest BCUT2D eigenvalue weighted by atomic mass is 19.1. The molecule has 0 amide bonds. The minimum atomic E-state index is -1.09. The molecule has 0 bridgehead atoms. The maximum absolute atomic E-state index is 12.8. The second kappa shape index (κ2) is 8.31. The molecule has 0 unspecified atom stereocenters. The van der Waals surface area contributed by atoms with E-state index in [4.69, 9.17) is 5.11 Å². The van der Waals surface area contributed by atoms with Crippen LogP contribution in [0.2, 0.25) is 0 Å². The smallest absolute Gasteiger partial charge is 0.354 e. The van der Waals surface area contributed by atoms with Crippen LogP contribution in [0.1, 0.15) is 23.6 Å². The average molecular weight is 368 g/mol. The molecule has 0 aliphatic rings. The normalized spacial score (nSPS) is 10.0. The summed E-state index contributed by atoms with van der Waals surface area (Å²) in [7, 11) is 0. The maximum Gasteiger partial charge on any atom is 0.354 e. The fourth-order valence-corrected chi connectivity index (χ4v) is 2.41. The third-order valence-corrected chi connectivity index (χ3v) is 3.66. The highest BCUT2D eigenvalue weighted by Gasteiger charge is 2.05. The van der Waals surface area contributed by atoms with Gasteiger partial charge in [0.1, 0.15) is 17.3 Å². The highest BCUT2D eigenvalue weighted by Crippen LogP contribution is 2.14. The molecule has 0 fully saturated rings. The standard InChI is InChI=1S/C10H6FNO2.C10H8FN.CH4/c11-7-2-4-8-6(5-7)1-3-9(12-8)10(13)14;1-7-2-3-8-6-9(11)4-5-10(8)12-7;/h1-5H,(H,13,14);2-6H,1H3;1H4. The Kier molecular flexibility index (Phi) is 6.13. The first-order valence-electron chi connectivity index (χ1n) is 7.75. The third kappa shape index (κ3) is 4.82. The molecular formula is C21H18F2N2O2. The molecule has 0 aliphatic carbocycles. The lowest BCUT2D eigenvalue weighted by Crippen LogP contribution is -1.99. The number of aromatic nitrogens is 2. The van der Waals surface area contributed by atoms with Crippen molar-refractivity contribution in [3.05, 3.63) is 83.7 Å². The van der Waals surface area contributed by atoms with E-state index in [2.05, 4.69) is 9.97 Å². The molecule has 2 heterocycles. The van der Waals surface area contributed by atoms with Crippen molar-refractivity contribution in [2.24, 2.45) is 0 Å². The van der Waals surface area contributed by atoms with Crippen molar-refractivity contribution in [2.75, 3.05) is 0 Å². The summed E-state index contributed by atoms with van der Waals surface area (Å²) in [5.74, 6) is -1.66. The van der Waals surface area contributed by atoms with E-state index in [0.29, 0.717) is 10.9 Å². The summed E-state index contributed by atoms with van der Waals surface area (Å²) >= 11 is 0. The lowest BCUT2D eigenvalue weighted by atomic mass is 10.2. The molecule has 4 rings (SSSR count). The number of fused-ring (bicyclic) bond motifs is 2. The third-order valence-electron chi connectivity index (χ3n) is 3.66. The zero-order valence-corrected chi connectivity index (χ0v) is 13.8. The fourth-order valence-electron chi connectivity index (χ4n) is 2.41. The van der Waals surface area contributed by atoms with Crippen molar-refractivity contribution < 1.29 is 18.7 Å². The first-order valence-corrected chi connectivity index (χ1v) is 7.75. The van der Waals surface area contributed by atoms with Crippen molar-refractivity contribution in [2.45, 2.75) is 14.4 Å². The van der Waals surface area contributed by atoms with Gasteiger partial charge in [0.05, 0.1) is 11.0 Å². The van der Waals surface area contributed by atoms with Crippen LogP contribution in [0.5, 0.6) is 0 Å². The Morgan fingerprint density at radius 3 is 1.89 bits per heavy atom. The minimum absolute atomic E-state index is 0. The lowest BCUT2D eigenvalue weighted by Gasteiger charge is -1.98. The van der Waals surface area contributed by atoms with Gasteiger partial charge in [0, 0.05) is 16.5 Å². The molecule has 0 saturated heterocycles. The van der Waals surface area contributed by atoms with Gasteiger partial charge in [-0.1, -0.05) is 19.6 Å².